The summed E-state index contributed by atoms with van der Waals surface area (Å²) in [4.78, 5) is 2.20. The van der Waals surface area contributed by atoms with E-state index < -0.39 is 10.0 Å². The largest absolute Gasteiger partial charge is 0.493 e. The maximum atomic E-state index is 12.5. The molecule has 6 nitrogen and oxygen atoms in total. The highest BCUT2D eigenvalue weighted by Gasteiger charge is 2.15. The van der Waals surface area contributed by atoms with Crippen LogP contribution in [0.4, 0.5) is 5.69 Å². The topological polar surface area (TPSA) is 67.9 Å². The Kier molecular flexibility index (Phi) is 6.91. The van der Waals surface area contributed by atoms with Crippen LogP contribution in [0.1, 0.15) is 0 Å². The van der Waals surface area contributed by atoms with Crippen molar-refractivity contribution < 1.29 is 17.9 Å². The zero-order valence-electron chi connectivity index (χ0n) is 14.3. The SMILES string of the molecule is COc1ccc(NS(=O)(=O)c2ccc(I)cc2)cc1OCCN(C)C. The van der Waals surface area contributed by atoms with Gasteiger partial charge in [0.05, 0.1) is 17.7 Å². The molecule has 2 aromatic carbocycles. The summed E-state index contributed by atoms with van der Waals surface area (Å²) in [5.74, 6) is 1.04. The van der Waals surface area contributed by atoms with E-state index in [1.807, 2.05) is 19.0 Å². The van der Waals surface area contributed by atoms with Crippen molar-refractivity contribution in [2.75, 3.05) is 39.1 Å². The van der Waals surface area contributed by atoms with Gasteiger partial charge in [0.25, 0.3) is 10.0 Å². The lowest BCUT2D eigenvalue weighted by atomic mass is 10.3. The third kappa shape index (κ3) is 5.75. The lowest BCUT2D eigenvalue weighted by Crippen LogP contribution is -2.19. The van der Waals surface area contributed by atoms with Crippen molar-refractivity contribution in [3.63, 3.8) is 0 Å². The van der Waals surface area contributed by atoms with Crippen molar-refractivity contribution in [2.45, 2.75) is 4.90 Å². The maximum Gasteiger partial charge on any atom is 0.261 e. The van der Waals surface area contributed by atoms with E-state index in [1.54, 1.807) is 49.6 Å². The maximum absolute atomic E-state index is 12.5. The number of methoxy groups -OCH3 is 1. The molecule has 2 aromatic rings. The Morgan fingerprint density at radius 1 is 1.08 bits per heavy atom. The Labute approximate surface area is 162 Å². The fourth-order valence-corrected chi connectivity index (χ4v) is 3.43. The molecule has 136 valence electrons. The third-order valence-electron chi connectivity index (χ3n) is 3.34. The Balaban J connectivity index is 2.19. The van der Waals surface area contributed by atoms with Gasteiger partial charge < -0.3 is 14.4 Å². The summed E-state index contributed by atoms with van der Waals surface area (Å²) in [5, 5.41) is 0. The fourth-order valence-electron chi connectivity index (χ4n) is 2.02. The second kappa shape index (κ2) is 8.72. The van der Waals surface area contributed by atoms with Gasteiger partial charge in [0.15, 0.2) is 11.5 Å². The van der Waals surface area contributed by atoms with Crippen molar-refractivity contribution >= 4 is 38.3 Å². The van der Waals surface area contributed by atoms with Gasteiger partial charge in [-0.15, -0.1) is 0 Å². The average molecular weight is 476 g/mol. The molecular formula is C17H21IN2O4S. The summed E-state index contributed by atoms with van der Waals surface area (Å²) in [6.45, 7) is 1.21. The van der Waals surface area contributed by atoms with E-state index in [0.717, 1.165) is 10.1 Å². The van der Waals surface area contributed by atoms with Gasteiger partial charge in [-0.25, -0.2) is 8.42 Å². The number of hydrogen-bond donors (Lipinski definition) is 1. The smallest absolute Gasteiger partial charge is 0.261 e. The molecule has 0 aliphatic heterocycles. The molecule has 2 rings (SSSR count). The molecule has 0 saturated heterocycles. The first kappa shape index (κ1) is 19.8. The minimum atomic E-state index is -3.66. The van der Waals surface area contributed by atoms with Crippen molar-refractivity contribution in [1.29, 1.82) is 0 Å². The molecule has 0 heterocycles. The first-order valence-corrected chi connectivity index (χ1v) is 10.1. The molecule has 25 heavy (non-hydrogen) atoms. The number of nitrogens with one attached hydrogen (secondary N) is 1. The number of likely N-dealkylation sites (N-methyl/N-ethyl adjacent to an activating group) is 1. The highest BCUT2D eigenvalue weighted by atomic mass is 127. The number of nitrogens with zero attached hydrogens (tertiary/aromatic N) is 1. The Bertz CT molecular complexity index is 808. The van der Waals surface area contributed by atoms with Crippen LogP contribution in [0.5, 0.6) is 11.5 Å². The predicted molar refractivity (Wildman–Crippen MR) is 107 cm³/mol. The van der Waals surface area contributed by atoms with Crippen LogP contribution < -0.4 is 14.2 Å². The van der Waals surface area contributed by atoms with Crippen molar-refractivity contribution in [1.82, 2.24) is 4.90 Å². The van der Waals surface area contributed by atoms with Crippen LogP contribution >= 0.6 is 22.6 Å². The van der Waals surface area contributed by atoms with Gasteiger partial charge in [-0.1, -0.05) is 0 Å². The Morgan fingerprint density at radius 3 is 2.36 bits per heavy atom. The van der Waals surface area contributed by atoms with Crippen molar-refractivity contribution in [2.24, 2.45) is 0 Å². The number of anilines is 1. The van der Waals surface area contributed by atoms with E-state index in [0.29, 0.717) is 23.8 Å². The highest BCUT2D eigenvalue weighted by Crippen LogP contribution is 2.31. The van der Waals surface area contributed by atoms with Crippen LogP contribution in [0.2, 0.25) is 0 Å². The minimum Gasteiger partial charge on any atom is -0.493 e. The summed E-state index contributed by atoms with van der Waals surface area (Å²) < 4.78 is 39.5. The molecule has 0 radical (unpaired) electrons. The van der Waals surface area contributed by atoms with Gasteiger partial charge in [0.1, 0.15) is 6.61 Å². The molecule has 0 atom stereocenters. The van der Waals surface area contributed by atoms with Gasteiger partial charge in [-0.2, -0.15) is 0 Å². The van der Waals surface area contributed by atoms with Gasteiger partial charge in [-0.3, -0.25) is 4.72 Å². The molecular weight excluding hydrogens is 455 g/mol. The van der Waals surface area contributed by atoms with Crippen LogP contribution in [0, 0.1) is 3.57 Å². The number of benzene rings is 2. The molecule has 0 aliphatic carbocycles. The molecule has 1 N–H and O–H groups in total. The van der Waals surface area contributed by atoms with Crippen LogP contribution in [-0.4, -0.2) is 47.7 Å². The first-order valence-electron chi connectivity index (χ1n) is 7.56. The Morgan fingerprint density at radius 2 is 1.76 bits per heavy atom. The standard InChI is InChI=1S/C17H21IN2O4S/c1-20(2)10-11-24-17-12-14(6-9-16(17)23-3)19-25(21,22)15-7-4-13(18)5-8-15/h4-9,12,19H,10-11H2,1-3H3. The van der Waals surface area contributed by atoms with Gasteiger partial charge in [-0.05, 0) is 73.1 Å². The molecule has 0 fully saturated rings. The summed E-state index contributed by atoms with van der Waals surface area (Å²) in [7, 11) is 1.79. The number of ether oxygens (including phenoxy) is 2. The Hall–Kier alpha value is -1.52. The van der Waals surface area contributed by atoms with E-state index >= 15 is 0 Å². The zero-order chi connectivity index (χ0) is 18.4. The van der Waals surface area contributed by atoms with Crippen LogP contribution in [0.25, 0.3) is 0 Å². The predicted octanol–water partition coefficient (Wildman–Crippen LogP) is 3.04. The highest BCUT2D eigenvalue weighted by molar-refractivity contribution is 14.1. The van der Waals surface area contributed by atoms with E-state index in [1.165, 1.54) is 0 Å². The molecule has 0 aromatic heterocycles. The average Bonchev–Trinajstić information content (AvgIpc) is 2.55. The van der Waals surface area contributed by atoms with Crippen molar-refractivity contribution in [3.05, 3.63) is 46.0 Å². The number of sulfonamides is 1. The molecule has 0 amide bonds. The van der Waals surface area contributed by atoms with E-state index in [9.17, 15) is 8.42 Å². The van der Waals surface area contributed by atoms with Crippen LogP contribution in [0.15, 0.2) is 47.4 Å². The van der Waals surface area contributed by atoms with Gasteiger partial charge in [0.2, 0.25) is 0 Å². The molecule has 0 bridgehead atoms. The van der Waals surface area contributed by atoms with Crippen LogP contribution in [0.3, 0.4) is 0 Å². The molecule has 0 aliphatic rings. The van der Waals surface area contributed by atoms with E-state index in [2.05, 4.69) is 27.3 Å². The fraction of sp³-hybridized carbons (Fsp3) is 0.294. The number of rotatable bonds is 8. The monoisotopic (exact) mass is 476 g/mol. The summed E-state index contributed by atoms with van der Waals surface area (Å²) in [5.41, 5.74) is 0.416. The second-order valence-corrected chi connectivity index (χ2v) is 8.50. The van der Waals surface area contributed by atoms with Crippen LogP contribution in [-0.2, 0) is 10.0 Å². The lowest BCUT2D eigenvalue weighted by Gasteiger charge is -2.15. The summed E-state index contributed by atoms with van der Waals surface area (Å²) in [6.07, 6.45) is 0. The summed E-state index contributed by atoms with van der Waals surface area (Å²) in [6, 6.07) is 11.6. The van der Waals surface area contributed by atoms with E-state index in [4.69, 9.17) is 9.47 Å². The normalized spacial score (nSPS) is 11.4. The van der Waals surface area contributed by atoms with Gasteiger partial charge in [0, 0.05) is 16.2 Å². The van der Waals surface area contributed by atoms with E-state index in [-0.39, 0.29) is 4.90 Å². The third-order valence-corrected chi connectivity index (χ3v) is 5.45. The molecule has 8 heteroatoms. The quantitative estimate of drug-likeness (QED) is 0.594. The summed E-state index contributed by atoms with van der Waals surface area (Å²) >= 11 is 2.13. The second-order valence-electron chi connectivity index (χ2n) is 5.58. The lowest BCUT2D eigenvalue weighted by molar-refractivity contribution is 0.251. The van der Waals surface area contributed by atoms with Gasteiger partial charge >= 0.3 is 0 Å². The molecule has 0 unspecified atom stereocenters. The zero-order valence-corrected chi connectivity index (χ0v) is 17.3. The van der Waals surface area contributed by atoms with Crippen molar-refractivity contribution in [3.8, 4) is 11.5 Å². The number of halogens is 1. The molecule has 0 saturated carbocycles. The number of hydrogen-bond acceptors (Lipinski definition) is 5. The minimum absolute atomic E-state index is 0.207. The molecule has 0 spiro atoms. The first-order chi connectivity index (χ1) is 11.8.